The van der Waals surface area contributed by atoms with Crippen molar-refractivity contribution in [1.29, 1.82) is 0 Å². The van der Waals surface area contributed by atoms with Crippen LogP contribution in [0.2, 0.25) is 5.02 Å². The SMILES string of the molecule is CCOC(=O)c1cc(=O)c2c(OC)cc3c(Cl)cc(C(=O)OC)nc3c2o1. The molecule has 0 N–H and O–H groups in total. The lowest BCUT2D eigenvalue weighted by molar-refractivity contribution is 0.0490. The van der Waals surface area contributed by atoms with Gasteiger partial charge in [-0.15, -0.1) is 0 Å². The van der Waals surface area contributed by atoms with E-state index in [-0.39, 0.29) is 45.3 Å². The summed E-state index contributed by atoms with van der Waals surface area (Å²) in [5.41, 5.74) is -0.542. The Morgan fingerprint density at radius 1 is 1.19 bits per heavy atom. The normalized spacial score (nSPS) is 10.8. The van der Waals surface area contributed by atoms with E-state index in [0.717, 1.165) is 6.07 Å². The van der Waals surface area contributed by atoms with E-state index in [2.05, 4.69) is 9.72 Å². The number of hydrogen-bond donors (Lipinski definition) is 0. The second-order valence-corrected chi connectivity index (χ2v) is 5.76. The van der Waals surface area contributed by atoms with Crippen molar-refractivity contribution >= 4 is 45.4 Å². The van der Waals surface area contributed by atoms with Crippen molar-refractivity contribution in [3.05, 3.63) is 44.9 Å². The maximum atomic E-state index is 12.6. The number of carbonyl (C=O) groups is 2. The van der Waals surface area contributed by atoms with Gasteiger partial charge in [-0.2, -0.15) is 0 Å². The molecule has 9 heteroatoms. The van der Waals surface area contributed by atoms with Crippen molar-refractivity contribution in [2.45, 2.75) is 6.92 Å². The Bertz CT molecular complexity index is 1140. The molecule has 2 aromatic heterocycles. The first-order valence-corrected chi connectivity index (χ1v) is 8.19. The molecule has 0 atom stereocenters. The van der Waals surface area contributed by atoms with Crippen LogP contribution in [0.15, 0.2) is 27.4 Å². The van der Waals surface area contributed by atoms with E-state index in [0.29, 0.717) is 5.39 Å². The predicted molar refractivity (Wildman–Crippen MR) is 96.6 cm³/mol. The summed E-state index contributed by atoms with van der Waals surface area (Å²) in [7, 11) is 2.58. The average molecular weight is 392 g/mol. The van der Waals surface area contributed by atoms with E-state index in [1.165, 1.54) is 26.4 Å². The molecule has 0 aliphatic carbocycles. The first-order valence-electron chi connectivity index (χ1n) is 7.81. The number of benzene rings is 1. The molecule has 2 heterocycles. The van der Waals surface area contributed by atoms with Crippen molar-refractivity contribution < 1.29 is 28.2 Å². The molecular formula is C18H14ClNO7. The molecule has 0 amide bonds. The van der Waals surface area contributed by atoms with Crippen molar-refractivity contribution in [2.75, 3.05) is 20.8 Å². The number of hydrogen-bond acceptors (Lipinski definition) is 8. The third kappa shape index (κ3) is 3.19. The molecule has 0 aliphatic heterocycles. The molecule has 140 valence electrons. The maximum absolute atomic E-state index is 12.6. The topological polar surface area (TPSA) is 105 Å². The molecule has 0 saturated carbocycles. The molecule has 3 rings (SSSR count). The molecule has 0 bridgehead atoms. The molecule has 0 spiro atoms. The van der Waals surface area contributed by atoms with Crippen LogP contribution in [0.3, 0.4) is 0 Å². The fourth-order valence-electron chi connectivity index (χ4n) is 2.60. The second kappa shape index (κ2) is 7.24. The molecule has 3 aromatic rings. The summed E-state index contributed by atoms with van der Waals surface area (Å²) in [5, 5.41) is 0.603. The lowest BCUT2D eigenvalue weighted by Gasteiger charge is -2.11. The van der Waals surface area contributed by atoms with Gasteiger partial charge in [-0.3, -0.25) is 4.79 Å². The van der Waals surface area contributed by atoms with Crippen LogP contribution in [0, 0.1) is 0 Å². The number of esters is 2. The summed E-state index contributed by atoms with van der Waals surface area (Å²) < 4.78 is 20.4. The third-order valence-electron chi connectivity index (χ3n) is 3.78. The van der Waals surface area contributed by atoms with Crippen molar-refractivity contribution in [3.63, 3.8) is 0 Å². The zero-order chi connectivity index (χ0) is 19.7. The number of fused-ring (bicyclic) bond motifs is 3. The fourth-order valence-corrected chi connectivity index (χ4v) is 2.85. The lowest BCUT2D eigenvalue weighted by atomic mass is 10.1. The number of rotatable bonds is 4. The van der Waals surface area contributed by atoms with E-state index in [1.807, 2.05) is 0 Å². The van der Waals surface area contributed by atoms with Gasteiger partial charge in [0.2, 0.25) is 5.76 Å². The zero-order valence-electron chi connectivity index (χ0n) is 14.6. The number of carbonyl (C=O) groups excluding carboxylic acids is 2. The van der Waals surface area contributed by atoms with Crippen LogP contribution < -0.4 is 10.2 Å². The number of halogens is 1. The van der Waals surface area contributed by atoms with E-state index >= 15 is 0 Å². The molecule has 0 aliphatic rings. The highest BCUT2D eigenvalue weighted by molar-refractivity contribution is 6.36. The highest BCUT2D eigenvalue weighted by Gasteiger charge is 2.22. The molecule has 27 heavy (non-hydrogen) atoms. The lowest BCUT2D eigenvalue weighted by Crippen LogP contribution is -2.11. The molecule has 0 saturated heterocycles. The van der Waals surface area contributed by atoms with Crippen LogP contribution in [0.1, 0.15) is 28.0 Å². The zero-order valence-corrected chi connectivity index (χ0v) is 15.4. The molecule has 0 radical (unpaired) electrons. The Hall–Kier alpha value is -3.13. The van der Waals surface area contributed by atoms with Gasteiger partial charge in [0, 0.05) is 11.5 Å². The first kappa shape index (κ1) is 18.7. The molecular weight excluding hydrogens is 378 g/mol. The predicted octanol–water partition coefficient (Wildman–Crippen LogP) is 2.97. The summed E-state index contributed by atoms with van der Waals surface area (Å²) >= 11 is 6.27. The standard InChI is InChI=1S/C18H14ClNO7/c1-4-26-18(23)13-7-11(21)14-12(24-2)5-8-9(19)6-10(17(22)25-3)20-15(8)16(14)27-13/h5-7H,4H2,1-3H3. The van der Waals surface area contributed by atoms with Gasteiger partial charge >= 0.3 is 11.9 Å². The van der Waals surface area contributed by atoms with Crippen molar-refractivity contribution in [3.8, 4) is 5.75 Å². The van der Waals surface area contributed by atoms with Gasteiger partial charge < -0.3 is 18.6 Å². The molecule has 0 fully saturated rings. The van der Waals surface area contributed by atoms with Gasteiger partial charge in [-0.05, 0) is 19.1 Å². The summed E-state index contributed by atoms with van der Waals surface area (Å²) in [6, 6.07) is 3.85. The van der Waals surface area contributed by atoms with Crippen molar-refractivity contribution in [2.24, 2.45) is 0 Å². The number of aromatic nitrogens is 1. The van der Waals surface area contributed by atoms with Crippen LogP contribution in [0.5, 0.6) is 5.75 Å². The van der Waals surface area contributed by atoms with Gasteiger partial charge in [0.05, 0.1) is 25.8 Å². The minimum atomic E-state index is -0.803. The Morgan fingerprint density at radius 2 is 1.93 bits per heavy atom. The van der Waals surface area contributed by atoms with Crippen LogP contribution in [0.4, 0.5) is 0 Å². The average Bonchev–Trinajstić information content (AvgIpc) is 2.66. The molecule has 1 aromatic carbocycles. The number of ether oxygens (including phenoxy) is 3. The van der Waals surface area contributed by atoms with E-state index in [9.17, 15) is 14.4 Å². The quantitative estimate of drug-likeness (QED) is 0.493. The van der Waals surface area contributed by atoms with Crippen LogP contribution in [0.25, 0.3) is 21.9 Å². The number of nitrogens with zero attached hydrogens (tertiary/aromatic N) is 1. The molecule has 0 unspecified atom stereocenters. The summed E-state index contributed by atoms with van der Waals surface area (Å²) in [6.07, 6.45) is 0. The highest BCUT2D eigenvalue weighted by Crippen LogP contribution is 2.35. The minimum absolute atomic E-state index is 0.0486. The van der Waals surface area contributed by atoms with Gasteiger partial charge in [0.15, 0.2) is 16.7 Å². The highest BCUT2D eigenvalue weighted by atomic mass is 35.5. The van der Waals surface area contributed by atoms with Gasteiger partial charge in [0.1, 0.15) is 16.7 Å². The van der Waals surface area contributed by atoms with Gasteiger partial charge in [-0.1, -0.05) is 11.6 Å². The van der Waals surface area contributed by atoms with Crippen LogP contribution in [-0.4, -0.2) is 37.7 Å². The monoisotopic (exact) mass is 391 g/mol. The summed E-state index contributed by atoms with van der Waals surface area (Å²) in [4.78, 5) is 40.7. The Morgan fingerprint density at radius 3 is 2.56 bits per heavy atom. The minimum Gasteiger partial charge on any atom is -0.496 e. The van der Waals surface area contributed by atoms with E-state index in [1.54, 1.807) is 6.92 Å². The second-order valence-electron chi connectivity index (χ2n) is 5.36. The van der Waals surface area contributed by atoms with E-state index < -0.39 is 17.4 Å². The largest absolute Gasteiger partial charge is 0.496 e. The van der Waals surface area contributed by atoms with E-state index in [4.69, 9.17) is 25.5 Å². The van der Waals surface area contributed by atoms with Crippen molar-refractivity contribution in [1.82, 2.24) is 4.98 Å². The third-order valence-corrected chi connectivity index (χ3v) is 4.10. The first-order chi connectivity index (χ1) is 12.9. The Labute approximate surface area is 157 Å². The number of methoxy groups -OCH3 is 2. The fraction of sp³-hybridized carbons (Fsp3) is 0.222. The van der Waals surface area contributed by atoms with Crippen LogP contribution in [-0.2, 0) is 9.47 Å². The maximum Gasteiger partial charge on any atom is 0.374 e. The Balaban J connectivity index is 2.47. The summed E-state index contributed by atoms with van der Waals surface area (Å²) in [6.45, 7) is 1.73. The smallest absolute Gasteiger partial charge is 0.374 e. The Kier molecular flexibility index (Phi) is 5.00. The molecule has 8 nitrogen and oxygen atoms in total. The van der Waals surface area contributed by atoms with Crippen LogP contribution >= 0.6 is 11.6 Å². The number of pyridine rings is 1. The van der Waals surface area contributed by atoms with Gasteiger partial charge in [0.25, 0.3) is 0 Å². The van der Waals surface area contributed by atoms with Gasteiger partial charge in [-0.25, -0.2) is 14.6 Å². The summed E-state index contributed by atoms with van der Waals surface area (Å²) in [5.74, 6) is -1.63.